The van der Waals surface area contributed by atoms with Gasteiger partial charge in [0, 0.05) is 57.4 Å². The molecule has 1 unspecified atom stereocenters. The number of aromatic nitrogens is 4. The predicted octanol–water partition coefficient (Wildman–Crippen LogP) is 1.99. The van der Waals surface area contributed by atoms with E-state index in [0.29, 0.717) is 12.0 Å². The number of hydrogen-bond acceptors (Lipinski definition) is 5. The van der Waals surface area contributed by atoms with Crippen molar-refractivity contribution in [1.82, 2.24) is 24.6 Å². The number of aryl methyl sites for hydroxylation is 3. The summed E-state index contributed by atoms with van der Waals surface area (Å²) in [6.45, 7) is 11.9. The SMILES string of the molecule is Cc1cn2c(n1)CCC(NCc1c(C(C)C)nn(C)c1N1CCOCC1)C2. The van der Waals surface area contributed by atoms with Crippen LogP contribution in [0.1, 0.15) is 49.0 Å². The van der Waals surface area contributed by atoms with Crippen molar-refractivity contribution in [3.63, 3.8) is 0 Å². The molecule has 0 amide bonds. The number of rotatable bonds is 5. The molecule has 148 valence electrons. The van der Waals surface area contributed by atoms with E-state index in [1.54, 1.807) is 0 Å². The Morgan fingerprint density at radius 2 is 2.07 bits per heavy atom. The molecule has 0 spiro atoms. The van der Waals surface area contributed by atoms with E-state index in [4.69, 9.17) is 9.84 Å². The minimum absolute atomic E-state index is 0.414. The Morgan fingerprint density at radius 1 is 1.30 bits per heavy atom. The number of fused-ring (bicyclic) bond motifs is 1. The molecule has 2 aromatic heterocycles. The summed E-state index contributed by atoms with van der Waals surface area (Å²) in [6, 6.07) is 0.476. The molecule has 4 heterocycles. The summed E-state index contributed by atoms with van der Waals surface area (Å²) in [4.78, 5) is 7.05. The second-order valence-corrected chi connectivity index (χ2v) is 8.13. The zero-order chi connectivity index (χ0) is 19.0. The molecule has 7 nitrogen and oxygen atoms in total. The van der Waals surface area contributed by atoms with Gasteiger partial charge in [0.15, 0.2) is 0 Å². The van der Waals surface area contributed by atoms with Crippen LogP contribution in [-0.2, 0) is 31.3 Å². The maximum atomic E-state index is 5.55. The molecular weight excluding hydrogens is 340 g/mol. The van der Waals surface area contributed by atoms with Crippen LogP contribution in [-0.4, -0.2) is 51.7 Å². The minimum atomic E-state index is 0.414. The molecular formula is C20H32N6O. The molecule has 2 aromatic rings. The van der Waals surface area contributed by atoms with Gasteiger partial charge in [0.05, 0.1) is 24.6 Å². The highest BCUT2D eigenvalue weighted by atomic mass is 16.5. The first-order valence-corrected chi connectivity index (χ1v) is 10.2. The van der Waals surface area contributed by atoms with Gasteiger partial charge in [-0.15, -0.1) is 0 Å². The fourth-order valence-electron chi connectivity index (χ4n) is 4.38. The molecule has 0 radical (unpaired) electrons. The van der Waals surface area contributed by atoms with E-state index in [1.165, 1.54) is 22.9 Å². The molecule has 4 rings (SSSR count). The third kappa shape index (κ3) is 3.75. The minimum Gasteiger partial charge on any atom is -0.378 e. The van der Waals surface area contributed by atoms with Crippen molar-refractivity contribution in [2.24, 2.45) is 7.05 Å². The van der Waals surface area contributed by atoms with Gasteiger partial charge in [-0.25, -0.2) is 4.98 Å². The average Bonchev–Trinajstić information content (AvgIpc) is 3.19. The van der Waals surface area contributed by atoms with Crippen LogP contribution in [0.3, 0.4) is 0 Å². The molecule has 0 saturated carbocycles. The molecule has 0 aromatic carbocycles. The van der Waals surface area contributed by atoms with Crippen molar-refractivity contribution in [2.45, 2.75) is 58.7 Å². The Bertz CT molecular complexity index is 787. The molecule has 1 atom stereocenters. The first kappa shape index (κ1) is 18.5. The summed E-state index contributed by atoms with van der Waals surface area (Å²) >= 11 is 0. The zero-order valence-electron chi connectivity index (χ0n) is 17.0. The molecule has 7 heteroatoms. The van der Waals surface area contributed by atoms with Crippen LogP contribution in [0.4, 0.5) is 5.82 Å². The standard InChI is InChI=1S/C20H32N6O/c1-14(2)19-17(20(24(4)23-19)25-7-9-27-10-8-25)11-21-16-5-6-18-22-15(3)12-26(18)13-16/h12,14,16,21H,5-11,13H2,1-4H3. The van der Waals surface area contributed by atoms with Gasteiger partial charge >= 0.3 is 0 Å². The molecule has 0 aliphatic carbocycles. The molecule has 1 N–H and O–H groups in total. The van der Waals surface area contributed by atoms with Gasteiger partial charge in [-0.1, -0.05) is 13.8 Å². The second kappa shape index (κ2) is 7.64. The van der Waals surface area contributed by atoms with Crippen LogP contribution in [0.15, 0.2) is 6.20 Å². The molecule has 27 heavy (non-hydrogen) atoms. The summed E-state index contributed by atoms with van der Waals surface area (Å²) in [5.74, 6) is 2.89. The number of nitrogens with one attached hydrogen (secondary N) is 1. The van der Waals surface area contributed by atoms with Crippen LogP contribution in [0.2, 0.25) is 0 Å². The lowest BCUT2D eigenvalue weighted by atomic mass is 10.0. The topological polar surface area (TPSA) is 60.1 Å². The Morgan fingerprint density at radius 3 is 2.81 bits per heavy atom. The first-order valence-electron chi connectivity index (χ1n) is 10.2. The maximum absolute atomic E-state index is 5.55. The van der Waals surface area contributed by atoms with Crippen LogP contribution >= 0.6 is 0 Å². The zero-order valence-corrected chi connectivity index (χ0v) is 17.0. The monoisotopic (exact) mass is 372 g/mol. The normalized spacial score (nSPS) is 20.3. The van der Waals surface area contributed by atoms with E-state index in [0.717, 1.165) is 57.9 Å². The summed E-state index contributed by atoms with van der Waals surface area (Å²) in [5.41, 5.74) is 3.68. The summed E-state index contributed by atoms with van der Waals surface area (Å²) in [5, 5.41) is 8.68. The van der Waals surface area contributed by atoms with E-state index in [1.807, 2.05) is 0 Å². The van der Waals surface area contributed by atoms with E-state index in [2.05, 4.69) is 58.5 Å². The van der Waals surface area contributed by atoms with E-state index < -0.39 is 0 Å². The second-order valence-electron chi connectivity index (χ2n) is 8.13. The summed E-state index contributed by atoms with van der Waals surface area (Å²) < 4.78 is 9.93. The van der Waals surface area contributed by atoms with E-state index in [-0.39, 0.29) is 0 Å². The van der Waals surface area contributed by atoms with Crippen LogP contribution < -0.4 is 10.2 Å². The summed E-state index contributed by atoms with van der Waals surface area (Å²) in [6.07, 6.45) is 4.36. The number of morpholine rings is 1. The Kier molecular flexibility index (Phi) is 5.23. The van der Waals surface area contributed by atoms with Gasteiger partial charge in [-0.2, -0.15) is 5.10 Å². The highest BCUT2D eigenvalue weighted by molar-refractivity contribution is 5.51. The predicted molar refractivity (Wildman–Crippen MR) is 106 cm³/mol. The van der Waals surface area contributed by atoms with Crippen LogP contribution in [0.25, 0.3) is 0 Å². The molecule has 1 fully saturated rings. The van der Waals surface area contributed by atoms with E-state index >= 15 is 0 Å². The van der Waals surface area contributed by atoms with Crippen molar-refractivity contribution >= 4 is 5.82 Å². The van der Waals surface area contributed by atoms with Crippen molar-refractivity contribution in [2.75, 3.05) is 31.2 Å². The lowest BCUT2D eigenvalue weighted by Gasteiger charge is -2.30. The number of anilines is 1. The fraction of sp³-hybridized carbons (Fsp3) is 0.700. The maximum Gasteiger partial charge on any atom is 0.131 e. The molecule has 1 saturated heterocycles. The van der Waals surface area contributed by atoms with Crippen molar-refractivity contribution < 1.29 is 4.74 Å². The number of ether oxygens (including phenoxy) is 1. The lowest BCUT2D eigenvalue weighted by Crippen LogP contribution is -2.39. The smallest absolute Gasteiger partial charge is 0.131 e. The van der Waals surface area contributed by atoms with Crippen molar-refractivity contribution in [1.29, 1.82) is 0 Å². The quantitative estimate of drug-likeness (QED) is 0.870. The highest BCUT2D eigenvalue weighted by Gasteiger charge is 2.26. The third-order valence-electron chi connectivity index (χ3n) is 5.68. The third-order valence-corrected chi connectivity index (χ3v) is 5.68. The Balaban J connectivity index is 1.52. The molecule has 2 aliphatic heterocycles. The van der Waals surface area contributed by atoms with Gasteiger partial charge in [0.25, 0.3) is 0 Å². The van der Waals surface area contributed by atoms with E-state index in [9.17, 15) is 0 Å². The van der Waals surface area contributed by atoms with Gasteiger partial charge in [-0.3, -0.25) is 4.68 Å². The van der Waals surface area contributed by atoms with Crippen molar-refractivity contribution in [3.8, 4) is 0 Å². The number of hydrogen-bond donors (Lipinski definition) is 1. The number of imidazole rings is 1. The fourth-order valence-corrected chi connectivity index (χ4v) is 4.38. The first-order chi connectivity index (χ1) is 13.0. The van der Waals surface area contributed by atoms with Crippen molar-refractivity contribution in [3.05, 3.63) is 29.0 Å². The lowest BCUT2D eigenvalue weighted by molar-refractivity contribution is 0.122. The molecule has 0 bridgehead atoms. The largest absolute Gasteiger partial charge is 0.378 e. The van der Waals surface area contributed by atoms with Crippen LogP contribution in [0.5, 0.6) is 0 Å². The highest BCUT2D eigenvalue weighted by Crippen LogP contribution is 2.29. The Hall–Kier alpha value is -1.86. The Labute approximate surface area is 161 Å². The summed E-state index contributed by atoms with van der Waals surface area (Å²) in [7, 11) is 2.07. The molecule has 2 aliphatic rings. The van der Waals surface area contributed by atoms with Gasteiger partial charge < -0.3 is 19.5 Å². The van der Waals surface area contributed by atoms with Gasteiger partial charge in [0.1, 0.15) is 11.6 Å². The van der Waals surface area contributed by atoms with Crippen LogP contribution in [0, 0.1) is 6.92 Å². The number of nitrogens with zero attached hydrogens (tertiary/aromatic N) is 5. The van der Waals surface area contributed by atoms with Gasteiger partial charge in [-0.05, 0) is 19.3 Å². The van der Waals surface area contributed by atoms with Gasteiger partial charge in [0.2, 0.25) is 0 Å². The average molecular weight is 373 g/mol.